The van der Waals surface area contributed by atoms with E-state index in [4.69, 9.17) is 0 Å². The van der Waals surface area contributed by atoms with E-state index in [1.165, 1.54) is 0 Å². The van der Waals surface area contributed by atoms with Crippen LogP contribution in [0.15, 0.2) is 24.5 Å². The second-order valence-electron chi connectivity index (χ2n) is 4.12. The Morgan fingerprint density at radius 1 is 1.27 bits per heavy atom. The largest absolute Gasteiger partial charge is 0.508 e. The highest BCUT2D eigenvalue weighted by Gasteiger charge is 2.10. The predicted octanol–water partition coefficient (Wildman–Crippen LogP) is 2.12. The lowest BCUT2D eigenvalue weighted by Crippen LogP contribution is -2.39. The van der Waals surface area contributed by atoms with E-state index in [2.05, 4.69) is 18.9 Å². The summed E-state index contributed by atoms with van der Waals surface area (Å²) in [4.78, 5) is 0. The van der Waals surface area contributed by atoms with Crippen LogP contribution < -0.4 is 4.68 Å². The molecule has 0 aliphatic heterocycles. The highest BCUT2D eigenvalue weighted by atomic mass is 16.3. The van der Waals surface area contributed by atoms with E-state index in [1.54, 1.807) is 12.3 Å². The smallest absolute Gasteiger partial charge is 0.204 e. The van der Waals surface area contributed by atoms with Crippen molar-refractivity contribution in [2.45, 2.75) is 26.8 Å². The molecule has 0 spiro atoms. The van der Waals surface area contributed by atoms with Crippen molar-refractivity contribution in [3.63, 3.8) is 0 Å². The Hall–Kier alpha value is -1.64. The fourth-order valence-electron chi connectivity index (χ4n) is 1.55. The average molecular weight is 203 g/mol. The molecule has 3 nitrogen and oxygen atoms in total. The van der Waals surface area contributed by atoms with Crippen LogP contribution in [-0.4, -0.2) is 10.2 Å². The van der Waals surface area contributed by atoms with Crippen LogP contribution in [0.1, 0.15) is 25.5 Å². The van der Waals surface area contributed by atoms with Crippen molar-refractivity contribution in [1.82, 2.24) is 5.10 Å². The first-order chi connectivity index (χ1) is 7.08. The Bertz CT molecular complexity index is 506. The zero-order chi connectivity index (χ0) is 11.0. The molecule has 78 valence electrons. The van der Waals surface area contributed by atoms with Crippen molar-refractivity contribution in [2.24, 2.45) is 0 Å². The molecule has 0 fully saturated rings. The molecule has 15 heavy (non-hydrogen) atoms. The summed E-state index contributed by atoms with van der Waals surface area (Å²) in [6.07, 6.45) is 3.79. The van der Waals surface area contributed by atoms with E-state index in [0.717, 1.165) is 16.3 Å². The molecule has 0 atom stereocenters. The lowest BCUT2D eigenvalue weighted by Gasteiger charge is -2.02. The number of nitrogens with zero attached hydrogens (tertiary/aromatic N) is 2. The van der Waals surface area contributed by atoms with Gasteiger partial charge in [-0.2, -0.15) is 0 Å². The Balaban J connectivity index is 2.66. The topological polar surface area (TPSA) is 37.0 Å². The molecule has 1 N–H and O–H groups in total. The standard InChI is InChI=1S/C12H14N2O/c1-8(2)14-7-11-4-9(3)12(15)5-10(11)6-13-14/h4-8H,1-3H3/p+1. The number of fused-ring (bicyclic) bond motifs is 1. The molecule has 2 aromatic rings. The van der Waals surface area contributed by atoms with E-state index in [9.17, 15) is 5.11 Å². The van der Waals surface area contributed by atoms with Crippen molar-refractivity contribution < 1.29 is 9.79 Å². The maximum Gasteiger partial charge on any atom is 0.204 e. The first-order valence-electron chi connectivity index (χ1n) is 5.08. The minimum atomic E-state index is 0.326. The van der Waals surface area contributed by atoms with Crippen molar-refractivity contribution in [3.05, 3.63) is 30.1 Å². The van der Waals surface area contributed by atoms with Crippen LogP contribution in [0.2, 0.25) is 0 Å². The third-order valence-electron chi connectivity index (χ3n) is 2.53. The van der Waals surface area contributed by atoms with Crippen molar-refractivity contribution in [2.75, 3.05) is 0 Å². The first-order valence-corrected chi connectivity index (χ1v) is 5.08. The summed E-state index contributed by atoms with van der Waals surface area (Å²) in [5, 5.41) is 15.9. The molecule has 0 saturated carbocycles. The maximum atomic E-state index is 9.56. The number of benzene rings is 1. The van der Waals surface area contributed by atoms with Gasteiger partial charge in [0.25, 0.3) is 0 Å². The van der Waals surface area contributed by atoms with E-state index in [-0.39, 0.29) is 0 Å². The van der Waals surface area contributed by atoms with Gasteiger partial charge in [0.2, 0.25) is 6.20 Å². The average Bonchev–Trinajstić information content (AvgIpc) is 2.19. The molecule has 0 saturated heterocycles. The molecule has 0 radical (unpaired) electrons. The van der Waals surface area contributed by atoms with Crippen LogP contribution in [0.3, 0.4) is 0 Å². The summed E-state index contributed by atoms with van der Waals surface area (Å²) in [5.74, 6) is 0.326. The van der Waals surface area contributed by atoms with Gasteiger partial charge in [-0.25, -0.2) is 0 Å². The van der Waals surface area contributed by atoms with Crippen LogP contribution in [0.5, 0.6) is 5.75 Å². The number of aryl methyl sites for hydroxylation is 1. The number of aromatic hydroxyl groups is 1. The van der Waals surface area contributed by atoms with Crippen LogP contribution in [0.4, 0.5) is 0 Å². The third-order valence-corrected chi connectivity index (χ3v) is 2.53. The van der Waals surface area contributed by atoms with Gasteiger partial charge in [-0.1, -0.05) is 4.68 Å². The first kappa shape index (κ1) is 9.90. The molecular weight excluding hydrogens is 188 g/mol. The lowest BCUT2D eigenvalue weighted by atomic mass is 10.1. The number of aromatic nitrogens is 2. The van der Waals surface area contributed by atoms with Crippen LogP contribution in [0, 0.1) is 6.92 Å². The zero-order valence-corrected chi connectivity index (χ0v) is 9.23. The van der Waals surface area contributed by atoms with Crippen molar-refractivity contribution in [1.29, 1.82) is 0 Å². The van der Waals surface area contributed by atoms with E-state index >= 15 is 0 Å². The van der Waals surface area contributed by atoms with Gasteiger partial charge < -0.3 is 5.11 Å². The SMILES string of the molecule is Cc1cc2c[n+](C(C)C)ncc2cc1O. The van der Waals surface area contributed by atoms with E-state index < -0.39 is 0 Å². The molecule has 1 heterocycles. The van der Waals surface area contributed by atoms with Gasteiger partial charge in [0.05, 0.1) is 5.39 Å². The maximum absolute atomic E-state index is 9.56. The number of phenols is 1. The summed E-state index contributed by atoms with van der Waals surface area (Å²) in [6, 6.07) is 4.08. The van der Waals surface area contributed by atoms with Gasteiger partial charge in [0.1, 0.15) is 11.9 Å². The zero-order valence-electron chi connectivity index (χ0n) is 9.23. The number of hydrogen-bond donors (Lipinski definition) is 1. The molecule has 0 aliphatic carbocycles. The molecule has 0 unspecified atom stereocenters. The molecule has 0 bridgehead atoms. The highest BCUT2D eigenvalue weighted by molar-refractivity contribution is 5.82. The normalized spacial score (nSPS) is 11.2. The monoisotopic (exact) mass is 203 g/mol. The van der Waals surface area contributed by atoms with Gasteiger partial charge in [-0.15, -0.1) is 0 Å². The number of hydrogen-bond acceptors (Lipinski definition) is 2. The minimum Gasteiger partial charge on any atom is -0.508 e. The number of rotatable bonds is 1. The van der Waals surface area contributed by atoms with Crippen LogP contribution in [0.25, 0.3) is 10.8 Å². The highest BCUT2D eigenvalue weighted by Crippen LogP contribution is 2.22. The Labute approximate surface area is 89.0 Å². The van der Waals surface area contributed by atoms with Gasteiger partial charge >= 0.3 is 0 Å². The van der Waals surface area contributed by atoms with Gasteiger partial charge in [0.15, 0.2) is 6.04 Å². The lowest BCUT2D eigenvalue weighted by molar-refractivity contribution is -0.770. The van der Waals surface area contributed by atoms with Crippen molar-refractivity contribution >= 4 is 10.8 Å². The molecule has 0 amide bonds. The van der Waals surface area contributed by atoms with Gasteiger partial charge in [-0.05, 0) is 43.6 Å². The second-order valence-corrected chi connectivity index (χ2v) is 4.12. The summed E-state index contributed by atoms with van der Waals surface area (Å²) < 4.78 is 1.92. The molecule has 1 aromatic heterocycles. The summed E-state index contributed by atoms with van der Waals surface area (Å²) in [6.45, 7) is 6.08. The summed E-state index contributed by atoms with van der Waals surface area (Å²) in [7, 11) is 0. The number of phenolic OH excluding ortho intramolecular Hbond substituents is 1. The minimum absolute atomic E-state index is 0.326. The van der Waals surface area contributed by atoms with Crippen molar-refractivity contribution in [3.8, 4) is 5.75 Å². The summed E-state index contributed by atoms with van der Waals surface area (Å²) in [5.41, 5.74) is 0.893. The molecule has 2 rings (SSSR count). The van der Waals surface area contributed by atoms with Gasteiger partial charge in [0, 0.05) is 5.39 Å². The van der Waals surface area contributed by atoms with E-state index in [0.29, 0.717) is 11.8 Å². The fourth-order valence-corrected chi connectivity index (χ4v) is 1.55. The third kappa shape index (κ3) is 1.77. The second kappa shape index (κ2) is 3.50. The molecule has 3 heteroatoms. The Kier molecular flexibility index (Phi) is 2.31. The Morgan fingerprint density at radius 3 is 2.67 bits per heavy atom. The van der Waals surface area contributed by atoms with Crippen LogP contribution in [-0.2, 0) is 0 Å². The van der Waals surface area contributed by atoms with Gasteiger partial charge in [-0.3, -0.25) is 0 Å². The molecule has 0 aliphatic rings. The van der Waals surface area contributed by atoms with Crippen LogP contribution >= 0.6 is 0 Å². The summed E-state index contributed by atoms with van der Waals surface area (Å²) >= 11 is 0. The molecule has 1 aromatic carbocycles. The molecular formula is C12H15N2O+. The Morgan fingerprint density at radius 2 is 2.00 bits per heavy atom. The quantitative estimate of drug-likeness (QED) is 0.721. The van der Waals surface area contributed by atoms with E-state index in [1.807, 2.05) is 23.9 Å². The predicted molar refractivity (Wildman–Crippen MR) is 58.7 cm³/mol. The fraction of sp³-hybridized carbons (Fsp3) is 0.333.